The van der Waals surface area contributed by atoms with E-state index in [2.05, 4.69) is 0 Å². The summed E-state index contributed by atoms with van der Waals surface area (Å²) < 4.78 is 11.1. The van der Waals surface area contributed by atoms with Gasteiger partial charge in [0.15, 0.2) is 0 Å². The van der Waals surface area contributed by atoms with Crippen molar-refractivity contribution in [3.63, 3.8) is 0 Å². The Balaban J connectivity index is 1.54. The van der Waals surface area contributed by atoms with Crippen LogP contribution in [0.2, 0.25) is 0 Å². The Morgan fingerprint density at radius 2 is 1.54 bits per heavy atom. The molecule has 1 fully saturated rings. The molecule has 0 saturated carbocycles. The van der Waals surface area contributed by atoms with Crippen molar-refractivity contribution in [1.82, 2.24) is 0 Å². The Morgan fingerprint density at radius 3 is 2.24 bits per heavy atom. The first-order chi connectivity index (χ1) is 17.8. The molecule has 3 aromatic carbocycles. The highest BCUT2D eigenvalue weighted by Gasteiger charge is 2.60. The fourth-order valence-electron chi connectivity index (χ4n) is 5.94. The van der Waals surface area contributed by atoms with Gasteiger partial charge in [-0.05, 0) is 78.9 Å². The van der Waals surface area contributed by atoms with Gasteiger partial charge >= 0.3 is 5.97 Å². The van der Waals surface area contributed by atoms with Gasteiger partial charge in [0.1, 0.15) is 11.5 Å². The van der Waals surface area contributed by atoms with Crippen molar-refractivity contribution in [2.45, 2.75) is 26.7 Å². The summed E-state index contributed by atoms with van der Waals surface area (Å²) in [5.41, 5.74) is 5.98. The number of amides is 2. The lowest BCUT2D eigenvalue weighted by Gasteiger charge is -2.38. The summed E-state index contributed by atoms with van der Waals surface area (Å²) in [5.74, 6) is -2.78. The first-order valence-corrected chi connectivity index (χ1v) is 12.4. The third kappa shape index (κ3) is 3.50. The summed E-state index contributed by atoms with van der Waals surface area (Å²) in [6.45, 7) is 5.88. The van der Waals surface area contributed by atoms with Crippen LogP contribution in [0.5, 0.6) is 11.5 Å². The summed E-state index contributed by atoms with van der Waals surface area (Å²) >= 11 is 0. The first-order valence-electron chi connectivity index (χ1n) is 12.4. The maximum absolute atomic E-state index is 14.0. The number of hydrogen-bond donors (Lipinski definition) is 0. The van der Waals surface area contributed by atoms with Gasteiger partial charge in [0, 0.05) is 11.5 Å². The van der Waals surface area contributed by atoms with E-state index in [-0.39, 0.29) is 11.8 Å². The quantitative estimate of drug-likeness (QED) is 0.287. The summed E-state index contributed by atoms with van der Waals surface area (Å²) in [5, 5.41) is 0. The molecule has 2 amide bonds. The number of carbonyl (C=O) groups excluding carboxylic acids is 3. The number of hydrogen-bond acceptors (Lipinski definition) is 5. The van der Waals surface area contributed by atoms with E-state index in [1.165, 1.54) is 4.90 Å². The minimum atomic E-state index is -0.858. The molecule has 0 N–H and O–H groups in total. The number of imide groups is 1. The van der Waals surface area contributed by atoms with Crippen LogP contribution >= 0.6 is 0 Å². The van der Waals surface area contributed by atoms with Gasteiger partial charge in [-0.25, -0.2) is 4.90 Å². The standard InChI is InChI=1S/C31H27NO5/c1-16-5-12-22-24-15-23(19-7-10-21(36-4)11-8-19)26-28(27(24)31(35)37-25(22)13-16)30(34)32(29(26)33)20-9-6-17(2)18(3)14-20/h5-15,23,26-28H,1-4H3/t23-,26-,27-,28+/m0/s1. The number of ether oxygens (including phenoxy) is 2. The van der Waals surface area contributed by atoms with E-state index >= 15 is 0 Å². The van der Waals surface area contributed by atoms with E-state index < -0.39 is 29.6 Å². The molecule has 6 nitrogen and oxygen atoms in total. The van der Waals surface area contributed by atoms with E-state index in [0.29, 0.717) is 17.2 Å². The second-order valence-corrected chi connectivity index (χ2v) is 10.2. The zero-order valence-corrected chi connectivity index (χ0v) is 21.1. The molecule has 6 heteroatoms. The maximum atomic E-state index is 14.0. The van der Waals surface area contributed by atoms with Gasteiger partial charge in [-0.15, -0.1) is 0 Å². The monoisotopic (exact) mass is 493 g/mol. The highest BCUT2D eigenvalue weighted by atomic mass is 16.5. The average Bonchev–Trinajstić information content (AvgIpc) is 3.15. The molecule has 6 rings (SSSR count). The molecule has 186 valence electrons. The van der Waals surface area contributed by atoms with Gasteiger partial charge in [0.25, 0.3) is 0 Å². The van der Waals surface area contributed by atoms with E-state index in [4.69, 9.17) is 9.47 Å². The van der Waals surface area contributed by atoms with Crippen molar-refractivity contribution in [2.24, 2.45) is 17.8 Å². The van der Waals surface area contributed by atoms with Crippen LogP contribution in [0.1, 0.15) is 33.7 Å². The molecule has 4 atom stereocenters. The smallest absolute Gasteiger partial charge is 0.319 e. The predicted molar refractivity (Wildman–Crippen MR) is 139 cm³/mol. The third-order valence-electron chi connectivity index (χ3n) is 8.00. The number of fused-ring (bicyclic) bond motifs is 5. The van der Waals surface area contributed by atoms with Crippen LogP contribution in [0, 0.1) is 38.5 Å². The van der Waals surface area contributed by atoms with Crippen LogP contribution in [0.15, 0.2) is 66.7 Å². The Kier molecular flexibility index (Phi) is 5.30. The van der Waals surface area contributed by atoms with E-state index in [9.17, 15) is 14.4 Å². The lowest BCUT2D eigenvalue weighted by atomic mass is 9.64. The molecule has 37 heavy (non-hydrogen) atoms. The molecule has 0 aromatic heterocycles. The summed E-state index contributed by atoms with van der Waals surface area (Å²) in [7, 11) is 1.60. The number of nitrogens with zero attached hydrogens (tertiary/aromatic N) is 1. The lowest BCUT2D eigenvalue weighted by molar-refractivity contribution is -0.142. The average molecular weight is 494 g/mol. The molecule has 1 saturated heterocycles. The van der Waals surface area contributed by atoms with Crippen molar-refractivity contribution in [1.29, 1.82) is 0 Å². The maximum Gasteiger partial charge on any atom is 0.319 e. The molecular formula is C31H27NO5. The molecule has 3 aliphatic rings. The number of esters is 1. The Bertz CT molecular complexity index is 1500. The molecule has 3 aromatic rings. The Labute approximate surface area is 215 Å². The van der Waals surface area contributed by atoms with Crippen LogP contribution in [-0.4, -0.2) is 24.9 Å². The van der Waals surface area contributed by atoms with Gasteiger partial charge in [-0.1, -0.05) is 36.4 Å². The van der Waals surface area contributed by atoms with E-state index in [1.807, 2.05) is 81.4 Å². The summed E-state index contributed by atoms with van der Waals surface area (Å²) in [6, 6.07) is 18.8. The van der Waals surface area contributed by atoms with Crippen LogP contribution in [0.3, 0.4) is 0 Å². The number of allylic oxidation sites excluding steroid dienone is 1. The van der Waals surface area contributed by atoms with Crippen molar-refractivity contribution in [2.75, 3.05) is 12.0 Å². The third-order valence-corrected chi connectivity index (χ3v) is 8.00. The number of anilines is 1. The number of aryl methyl sites for hydroxylation is 3. The van der Waals surface area contributed by atoms with E-state index in [1.54, 1.807) is 13.2 Å². The van der Waals surface area contributed by atoms with Crippen LogP contribution < -0.4 is 14.4 Å². The van der Waals surface area contributed by atoms with Gasteiger partial charge in [0.2, 0.25) is 11.8 Å². The fraction of sp³-hybridized carbons (Fsp3) is 0.258. The number of methoxy groups -OCH3 is 1. The Hall–Kier alpha value is -4.19. The molecule has 0 unspecified atom stereocenters. The molecule has 2 aliphatic heterocycles. The van der Waals surface area contributed by atoms with Crippen molar-refractivity contribution in [3.8, 4) is 11.5 Å². The zero-order chi connectivity index (χ0) is 26.0. The fourth-order valence-corrected chi connectivity index (χ4v) is 5.94. The van der Waals surface area contributed by atoms with Crippen molar-refractivity contribution in [3.05, 3.63) is 94.6 Å². The zero-order valence-electron chi connectivity index (χ0n) is 21.1. The van der Waals surface area contributed by atoms with Gasteiger partial charge in [-0.3, -0.25) is 14.4 Å². The SMILES string of the molecule is COc1ccc([C@@H]2C=C3c4ccc(C)cc4OC(=O)[C@@H]3[C@@H]3C(=O)N(c4ccc(C)c(C)c4)C(=O)[C@H]32)cc1. The predicted octanol–water partition coefficient (Wildman–Crippen LogP) is 5.14. The topological polar surface area (TPSA) is 72.9 Å². The summed E-state index contributed by atoms with van der Waals surface area (Å²) in [6.07, 6.45) is 2.00. The highest BCUT2D eigenvalue weighted by molar-refractivity contribution is 6.24. The van der Waals surface area contributed by atoms with E-state index in [0.717, 1.165) is 33.4 Å². The van der Waals surface area contributed by atoms with Gasteiger partial charge < -0.3 is 9.47 Å². The molecule has 1 aliphatic carbocycles. The normalized spacial score (nSPS) is 24.2. The van der Waals surface area contributed by atoms with Gasteiger partial charge in [0.05, 0.1) is 30.6 Å². The van der Waals surface area contributed by atoms with Crippen molar-refractivity contribution >= 4 is 29.0 Å². The number of carbonyl (C=O) groups is 3. The second kappa shape index (κ2) is 8.44. The van der Waals surface area contributed by atoms with Crippen LogP contribution in [0.25, 0.3) is 5.57 Å². The minimum Gasteiger partial charge on any atom is -0.497 e. The molecule has 0 radical (unpaired) electrons. The number of benzene rings is 3. The van der Waals surface area contributed by atoms with Gasteiger partial charge in [-0.2, -0.15) is 0 Å². The largest absolute Gasteiger partial charge is 0.497 e. The first kappa shape index (κ1) is 23.2. The highest BCUT2D eigenvalue weighted by Crippen LogP contribution is 2.54. The minimum absolute atomic E-state index is 0.295. The second-order valence-electron chi connectivity index (χ2n) is 10.2. The molecule has 0 bridgehead atoms. The van der Waals surface area contributed by atoms with Crippen LogP contribution in [0.4, 0.5) is 5.69 Å². The van der Waals surface area contributed by atoms with Crippen LogP contribution in [-0.2, 0) is 14.4 Å². The number of rotatable bonds is 3. The summed E-state index contributed by atoms with van der Waals surface area (Å²) in [4.78, 5) is 42.7. The van der Waals surface area contributed by atoms with Crippen molar-refractivity contribution < 1.29 is 23.9 Å². The molecular weight excluding hydrogens is 466 g/mol. The Morgan fingerprint density at radius 1 is 0.811 bits per heavy atom. The molecule has 2 heterocycles. The molecule has 0 spiro atoms. The lowest BCUT2D eigenvalue weighted by Crippen LogP contribution is -2.42.